The molecule has 3 amide bonds. The number of rotatable bonds is 0. The van der Waals surface area contributed by atoms with Gasteiger partial charge in [0, 0.05) is 0 Å². The van der Waals surface area contributed by atoms with Crippen LogP contribution in [0.5, 0.6) is 0 Å². The van der Waals surface area contributed by atoms with Gasteiger partial charge in [-0.15, -0.1) is 0 Å². The van der Waals surface area contributed by atoms with Crippen LogP contribution in [0.15, 0.2) is 0 Å². The largest absolute Gasteiger partial charge is 0.450 e. The van der Waals surface area contributed by atoms with Crippen LogP contribution in [0.1, 0.15) is 0 Å². The summed E-state index contributed by atoms with van der Waals surface area (Å²) >= 11 is 4.30. The lowest BCUT2D eigenvalue weighted by atomic mass is 11.1. The number of carbonyl (C=O) groups excluding carboxylic acids is 2. The van der Waals surface area contributed by atoms with E-state index in [-0.39, 0.29) is 5.11 Å². The monoisotopic (exact) mass is 193 g/mol. The summed E-state index contributed by atoms with van der Waals surface area (Å²) in [6.07, 6.45) is -0.999. The van der Waals surface area contributed by atoms with Gasteiger partial charge < -0.3 is 16.3 Å². The molecule has 0 saturated carbocycles. The Hall–Kier alpha value is -1.77. The maximum Gasteiger partial charge on any atom is 0.450 e. The number of hydrogen-bond acceptors (Lipinski definition) is 4. The summed E-state index contributed by atoms with van der Waals surface area (Å²) in [7, 11) is 0. The van der Waals surface area contributed by atoms with E-state index < -0.39 is 12.1 Å². The molecule has 0 saturated heterocycles. The summed E-state index contributed by atoms with van der Waals surface area (Å²) in [6.45, 7) is 0. The maximum atomic E-state index is 10.5. The highest BCUT2D eigenvalue weighted by molar-refractivity contribution is 7.80. The van der Waals surface area contributed by atoms with E-state index in [0.29, 0.717) is 0 Å². The molecular weight excluding hydrogens is 186 g/mol. The molecule has 68 valence electrons. The molecule has 0 bridgehead atoms. The lowest BCUT2D eigenvalue weighted by Gasteiger charge is -2.05. The summed E-state index contributed by atoms with van der Waals surface area (Å²) in [5.41, 5.74) is 14.9. The van der Waals surface area contributed by atoms with E-state index >= 15 is 0 Å². The Morgan fingerprint density at radius 3 is 2.25 bits per heavy atom. The lowest BCUT2D eigenvalue weighted by molar-refractivity contribution is 0.117. The van der Waals surface area contributed by atoms with Crippen LogP contribution < -0.4 is 27.8 Å². The number of hydrogen-bond donors (Lipinski definition) is 5. The fourth-order valence-corrected chi connectivity index (χ4v) is 0.276. The number of carbonyl (C=O) groups is 2. The molecule has 0 aliphatic carbocycles. The smallest absolute Gasteiger partial charge is 0.374 e. The van der Waals surface area contributed by atoms with Gasteiger partial charge >= 0.3 is 12.1 Å². The second-order valence-electron chi connectivity index (χ2n) is 1.47. The van der Waals surface area contributed by atoms with Gasteiger partial charge in [0.15, 0.2) is 5.11 Å². The van der Waals surface area contributed by atoms with Crippen LogP contribution >= 0.6 is 12.2 Å². The normalized spacial score (nSPS) is 8.00. The van der Waals surface area contributed by atoms with E-state index in [0.717, 1.165) is 0 Å². The topological polar surface area (TPSA) is 132 Å². The van der Waals surface area contributed by atoms with Gasteiger partial charge in [-0.05, 0) is 12.2 Å². The maximum absolute atomic E-state index is 10.5. The fourth-order valence-electron chi connectivity index (χ4n) is 0.235. The van der Waals surface area contributed by atoms with Crippen molar-refractivity contribution >= 4 is 29.5 Å². The van der Waals surface area contributed by atoms with E-state index in [1.807, 2.05) is 5.48 Å². The van der Waals surface area contributed by atoms with Crippen LogP contribution in [0.4, 0.5) is 9.59 Å². The molecule has 0 aliphatic rings. The van der Waals surface area contributed by atoms with E-state index in [2.05, 4.69) is 22.8 Å². The molecule has 0 heterocycles. The average molecular weight is 193 g/mol. The van der Waals surface area contributed by atoms with Crippen LogP contribution in [0.2, 0.25) is 0 Å². The Morgan fingerprint density at radius 2 is 1.83 bits per heavy atom. The number of hydroxylamine groups is 1. The second-order valence-corrected chi connectivity index (χ2v) is 1.91. The highest BCUT2D eigenvalue weighted by Gasteiger charge is 2.01. The molecule has 0 unspecified atom stereocenters. The Kier molecular flexibility index (Phi) is 4.23. The average Bonchev–Trinajstić information content (AvgIpc) is 1.96. The predicted octanol–water partition coefficient (Wildman–Crippen LogP) is -1.96. The molecule has 0 rings (SSSR count). The third-order valence-electron chi connectivity index (χ3n) is 0.532. The molecule has 9 heteroatoms. The molecule has 0 aliphatic heterocycles. The Balaban J connectivity index is 3.47. The van der Waals surface area contributed by atoms with Crippen molar-refractivity contribution in [3.63, 3.8) is 0 Å². The van der Waals surface area contributed by atoms with Crippen LogP contribution in [0.3, 0.4) is 0 Å². The van der Waals surface area contributed by atoms with Gasteiger partial charge in [-0.1, -0.05) is 0 Å². The van der Waals surface area contributed by atoms with Crippen molar-refractivity contribution in [3.05, 3.63) is 0 Å². The first-order valence-corrected chi connectivity index (χ1v) is 3.01. The zero-order valence-corrected chi connectivity index (χ0v) is 6.60. The Morgan fingerprint density at radius 1 is 1.25 bits per heavy atom. The van der Waals surface area contributed by atoms with Gasteiger partial charge in [0.1, 0.15) is 0 Å². The third-order valence-corrected chi connectivity index (χ3v) is 0.615. The molecule has 0 radical (unpaired) electrons. The molecule has 8 nitrogen and oxygen atoms in total. The first kappa shape index (κ1) is 10.2. The zero-order valence-electron chi connectivity index (χ0n) is 5.79. The van der Waals surface area contributed by atoms with Crippen molar-refractivity contribution in [1.29, 1.82) is 0 Å². The number of hydrazine groups is 1. The first-order valence-electron chi connectivity index (χ1n) is 2.60. The number of primary amides is 1. The minimum absolute atomic E-state index is 0.218. The quantitative estimate of drug-likeness (QED) is 0.224. The van der Waals surface area contributed by atoms with Crippen molar-refractivity contribution in [2.45, 2.75) is 0 Å². The van der Waals surface area contributed by atoms with Crippen molar-refractivity contribution in [3.8, 4) is 0 Å². The van der Waals surface area contributed by atoms with E-state index in [1.165, 1.54) is 0 Å². The molecular formula is C3H7N5O3S. The van der Waals surface area contributed by atoms with Gasteiger partial charge in [0.25, 0.3) is 0 Å². The van der Waals surface area contributed by atoms with Gasteiger partial charge in [-0.3, -0.25) is 0 Å². The minimum atomic E-state index is -0.999. The molecule has 0 aromatic carbocycles. The first-order chi connectivity index (χ1) is 5.52. The predicted molar refractivity (Wildman–Crippen MR) is 42.3 cm³/mol. The fraction of sp³-hybridized carbons (Fsp3) is 0. The number of amides is 3. The van der Waals surface area contributed by atoms with Gasteiger partial charge in [0.2, 0.25) is 0 Å². The summed E-state index contributed by atoms with van der Waals surface area (Å²) < 4.78 is 0. The van der Waals surface area contributed by atoms with Gasteiger partial charge in [-0.2, -0.15) is 5.48 Å². The summed E-state index contributed by atoms with van der Waals surface area (Å²) in [6, 6.07) is -0.928. The second kappa shape index (κ2) is 4.96. The van der Waals surface area contributed by atoms with Crippen LogP contribution in [-0.2, 0) is 4.84 Å². The molecule has 0 fully saturated rings. The van der Waals surface area contributed by atoms with Crippen LogP contribution in [-0.4, -0.2) is 17.2 Å². The summed E-state index contributed by atoms with van der Waals surface area (Å²) in [4.78, 5) is 24.6. The highest BCUT2D eigenvalue weighted by atomic mass is 32.1. The molecule has 0 atom stereocenters. The van der Waals surface area contributed by atoms with E-state index in [1.54, 1.807) is 10.9 Å². The number of nitrogens with two attached hydrogens (primary N) is 2. The SMILES string of the molecule is NC(=O)NNC(=O)ONC(N)=S. The Labute approximate surface area is 72.5 Å². The Bertz CT molecular complexity index is 186. The molecule has 0 spiro atoms. The molecule has 0 aromatic rings. The van der Waals surface area contributed by atoms with Gasteiger partial charge in [-0.25, -0.2) is 20.4 Å². The summed E-state index contributed by atoms with van der Waals surface area (Å²) in [5.74, 6) is 0. The van der Waals surface area contributed by atoms with Crippen molar-refractivity contribution in [2.24, 2.45) is 11.5 Å². The van der Waals surface area contributed by atoms with Crippen molar-refractivity contribution < 1.29 is 14.4 Å². The standard InChI is InChI=1S/C3H7N5O3S/c4-1(9)6-7-3(10)11-8-2(5)12/h(H,7,10)(H3,4,6,9)(H3,5,8,12). The molecule has 7 N–H and O–H groups in total. The van der Waals surface area contributed by atoms with E-state index in [9.17, 15) is 9.59 Å². The van der Waals surface area contributed by atoms with Crippen molar-refractivity contribution in [1.82, 2.24) is 16.3 Å². The van der Waals surface area contributed by atoms with Gasteiger partial charge in [0.05, 0.1) is 0 Å². The minimum Gasteiger partial charge on any atom is -0.374 e. The third kappa shape index (κ3) is 6.35. The summed E-state index contributed by atoms with van der Waals surface area (Å²) in [5, 5.41) is -0.218. The highest BCUT2D eigenvalue weighted by Crippen LogP contribution is 1.68. The molecule has 12 heavy (non-hydrogen) atoms. The number of thiocarbonyl (C=S) groups is 1. The number of urea groups is 1. The van der Waals surface area contributed by atoms with Crippen molar-refractivity contribution in [2.75, 3.05) is 0 Å². The zero-order chi connectivity index (χ0) is 9.56. The molecule has 0 aromatic heterocycles. The number of nitrogens with one attached hydrogen (secondary N) is 3. The van der Waals surface area contributed by atoms with Crippen LogP contribution in [0, 0.1) is 0 Å². The van der Waals surface area contributed by atoms with Crippen LogP contribution in [0.25, 0.3) is 0 Å². The lowest BCUT2D eigenvalue weighted by Crippen LogP contribution is -2.47. The van der Waals surface area contributed by atoms with E-state index in [4.69, 9.17) is 5.73 Å².